The molecule has 0 aliphatic carbocycles. The maximum Gasteiger partial charge on any atom is 0.272 e. The van der Waals surface area contributed by atoms with Crippen LogP contribution in [0.5, 0.6) is 0 Å². The SMILES string of the molecule is Cc1nonc1CN1CCN(C(=O)c2cc(C(C)C)nc(N3CCCC3)n2)CC1. The summed E-state index contributed by atoms with van der Waals surface area (Å²) in [5.74, 6) is 0.945. The van der Waals surface area contributed by atoms with E-state index in [1.807, 2.05) is 17.9 Å². The lowest BCUT2D eigenvalue weighted by Gasteiger charge is -2.34. The molecule has 2 aromatic rings. The Bertz CT molecular complexity index is 852. The van der Waals surface area contributed by atoms with Crippen molar-refractivity contribution in [2.75, 3.05) is 44.2 Å². The summed E-state index contributed by atoms with van der Waals surface area (Å²) in [5.41, 5.74) is 3.12. The fraction of sp³-hybridized carbons (Fsp3) is 0.650. The molecule has 2 saturated heterocycles. The second-order valence-corrected chi connectivity index (χ2v) is 8.19. The monoisotopic (exact) mass is 399 g/mol. The van der Waals surface area contributed by atoms with Crippen molar-refractivity contribution in [2.45, 2.75) is 46.1 Å². The van der Waals surface area contributed by atoms with E-state index in [0.29, 0.717) is 31.3 Å². The van der Waals surface area contributed by atoms with E-state index in [4.69, 9.17) is 9.61 Å². The molecule has 2 aliphatic heterocycles. The van der Waals surface area contributed by atoms with Crippen LogP contribution in [0.15, 0.2) is 10.7 Å². The van der Waals surface area contributed by atoms with Gasteiger partial charge in [0.25, 0.3) is 5.91 Å². The first-order chi connectivity index (χ1) is 14.0. The number of rotatable bonds is 5. The second kappa shape index (κ2) is 8.44. The first-order valence-electron chi connectivity index (χ1n) is 10.4. The predicted octanol–water partition coefficient (Wildman–Crippen LogP) is 1.85. The summed E-state index contributed by atoms with van der Waals surface area (Å²) in [5, 5.41) is 7.79. The third-order valence-electron chi connectivity index (χ3n) is 5.71. The molecule has 4 rings (SSSR count). The summed E-state index contributed by atoms with van der Waals surface area (Å²) < 4.78 is 4.78. The van der Waals surface area contributed by atoms with E-state index in [0.717, 1.165) is 56.1 Å². The van der Waals surface area contributed by atoms with Gasteiger partial charge in [0.1, 0.15) is 17.1 Å². The van der Waals surface area contributed by atoms with Crippen LogP contribution in [0.1, 0.15) is 60.2 Å². The number of hydrogen-bond acceptors (Lipinski definition) is 8. The van der Waals surface area contributed by atoms with Gasteiger partial charge in [0.15, 0.2) is 0 Å². The average Bonchev–Trinajstić information content (AvgIpc) is 3.40. The highest BCUT2D eigenvalue weighted by Gasteiger charge is 2.26. The van der Waals surface area contributed by atoms with Crippen LogP contribution in [0.2, 0.25) is 0 Å². The molecule has 0 radical (unpaired) electrons. The number of carbonyl (C=O) groups is 1. The predicted molar refractivity (Wildman–Crippen MR) is 108 cm³/mol. The van der Waals surface area contributed by atoms with Crippen molar-refractivity contribution in [1.29, 1.82) is 0 Å². The fourth-order valence-electron chi connectivity index (χ4n) is 3.79. The van der Waals surface area contributed by atoms with Gasteiger partial charge in [-0.2, -0.15) is 0 Å². The van der Waals surface area contributed by atoms with Crippen LogP contribution in [-0.2, 0) is 6.54 Å². The van der Waals surface area contributed by atoms with Crippen LogP contribution in [-0.4, -0.2) is 75.3 Å². The Kier molecular flexibility index (Phi) is 5.75. The molecule has 1 amide bonds. The van der Waals surface area contributed by atoms with E-state index >= 15 is 0 Å². The molecule has 0 aromatic carbocycles. The van der Waals surface area contributed by atoms with Crippen molar-refractivity contribution >= 4 is 11.9 Å². The van der Waals surface area contributed by atoms with E-state index < -0.39 is 0 Å². The lowest BCUT2D eigenvalue weighted by molar-refractivity contribution is 0.0619. The van der Waals surface area contributed by atoms with Crippen LogP contribution in [0.4, 0.5) is 5.95 Å². The molecule has 0 N–H and O–H groups in total. The number of anilines is 1. The molecule has 0 unspecified atom stereocenters. The normalized spacial score (nSPS) is 18.1. The Balaban J connectivity index is 1.44. The molecule has 2 fully saturated rings. The van der Waals surface area contributed by atoms with Gasteiger partial charge in [-0.1, -0.05) is 24.2 Å². The molecule has 0 bridgehead atoms. The van der Waals surface area contributed by atoms with Gasteiger partial charge in [0.2, 0.25) is 5.95 Å². The van der Waals surface area contributed by atoms with Crippen molar-refractivity contribution in [3.05, 3.63) is 28.8 Å². The minimum atomic E-state index is -0.00585. The molecule has 29 heavy (non-hydrogen) atoms. The Morgan fingerprint density at radius 2 is 1.79 bits per heavy atom. The van der Waals surface area contributed by atoms with Crippen molar-refractivity contribution in [1.82, 2.24) is 30.1 Å². The first-order valence-corrected chi connectivity index (χ1v) is 10.4. The zero-order chi connectivity index (χ0) is 20.4. The molecule has 9 nitrogen and oxygen atoms in total. The average molecular weight is 399 g/mol. The summed E-state index contributed by atoms with van der Waals surface area (Å²) in [6.07, 6.45) is 2.31. The zero-order valence-corrected chi connectivity index (χ0v) is 17.5. The molecule has 0 spiro atoms. The van der Waals surface area contributed by atoms with Gasteiger partial charge < -0.3 is 9.80 Å². The summed E-state index contributed by atoms with van der Waals surface area (Å²) in [6, 6.07) is 1.86. The fourth-order valence-corrected chi connectivity index (χ4v) is 3.79. The largest absolute Gasteiger partial charge is 0.341 e. The minimum absolute atomic E-state index is 0.00585. The van der Waals surface area contributed by atoms with Gasteiger partial charge in [-0.15, -0.1) is 0 Å². The lowest BCUT2D eigenvalue weighted by atomic mass is 10.1. The summed E-state index contributed by atoms with van der Waals surface area (Å²) in [4.78, 5) is 28.9. The maximum absolute atomic E-state index is 13.2. The number of nitrogens with zero attached hydrogens (tertiary/aromatic N) is 7. The smallest absolute Gasteiger partial charge is 0.272 e. The van der Waals surface area contributed by atoms with Gasteiger partial charge in [0, 0.05) is 51.5 Å². The van der Waals surface area contributed by atoms with Crippen molar-refractivity contribution in [2.24, 2.45) is 0 Å². The van der Waals surface area contributed by atoms with Gasteiger partial charge in [0.05, 0.1) is 0 Å². The topological polar surface area (TPSA) is 91.5 Å². The number of aryl methyl sites for hydroxylation is 1. The van der Waals surface area contributed by atoms with E-state index in [1.165, 1.54) is 0 Å². The number of aromatic nitrogens is 4. The minimum Gasteiger partial charge on any atom is -0.341 e. The molecule has 0 saturated carbocycles. The second-order valence-electron chi connectivity index (χ2n) is 8.19. The lowest BCUT2D eigenvalue weighted by Crippen LogP contribution is -2.48. The number of hydrogen-bond donors (Lipinski definition) is 0. The van der Waals surface area contributed by atoms with Crippen LogP contribution in [0.25, 0.3) is 0 Å². The van der Waals surface area contributed by atoms with Crippen LogP contribution in [0, 0.1) is 6.92 Å². The van der Waals surface area contributed by atoms with Crippen LogP contribution >= 0.6 is 0 Å². The van der Waals surface area contributed by atoms with Crippen molar-refractivity contribution in [3.8, 4) is 0 Å². The first kappa shape index (κ1) is 19.8. The summed E-state index contributed by atoms with van der Waals surface area (Å²) >= 11 is 0. The zero-order valence-electron chi connectivity index (χ0n) is 17.5. The summed E-state index contributed by atoms with van der Waals surface area (Å²) in [7, 11) is 0. The highest BCUT2D eigenvalue weighted by Crippen LogP contribution is 2.21. The van der Waals surface area contributed by atoms with Crippen LogP contribution < -0.4 is 4.90 Å². The Hall–Kier alpha value is -2.55. The van der Waals surface area contributed by atoms with Crippen molar-refractivity contribution < 1.29 is 9.42 Å². The maximum atomic E-state index is 13.2. The third kappa shape index (κ3) is 4.39. The Morgan fingerprint density at radius 1 is 1.07 bits per heavy atom. The quantitative estimate of drug-likeness (QED) is 0.752. The van der Waals surface area contributed by atoms with E-state index in [2.05, 4.69) is 38.9 Å². The van der Waals surface area contributed by atoms with Gasteiger partial charge in [-0.3, -0.25) is 9.69 Å². The Morgan fingerprint density at radius 3 is 2.41 bits per heavy atom. The highest BCUT2D eigenvalue weighted by atomic mass is 16.6. The van der Waals surface area contributed by atoms with Crippen molar-refractivity contribution in [3.63, 3.8) is 0 Å². The molecule has 0 atom stereocenters. The van der Waals surface area contributed by atoms with E-state index in [1.54, 1.807) is 0 Å². The van der Waals surface area contributed by atoms with Gasteiger partial charge in [-0.25, -0.2) is 14.6 Å². The molecule has 2 aromatic heterocycles. The number of carbonyl (C=O) groups excluding carboxylic acids is 1. The third-order valence-corrected chi connectivity index (χ3v) is 5.71. The van der Waals surface area contributed by atoms with Crippen LogP contribution in [0.3, 0.4) is 0 Å². The molecule has 4 heterocycles. The van der Waals surface area contributed by atoms with Gasteiger partial charge >= 0.3 is 0 Å². The molecule has 2 aliphatic rings. The van der Waals surface area contributed by atoms with E-state index in [-0.39, 0.29) is 11.8 Å². The molecule has 156 valence electrons. The molecular weight excluding hydrogens is 370 g/mol. The molecular formula is C20H29N7O2. The number of piperazine rings is 1. The Labute approximate surface area is 171 Å². The standard InChI is InChI=1S/C20H29N7O2/c1-14(2)16-12-17(22-20(21-16)27-6-4-5-7-27)19(28)26-10-8-25(9-11-26)13-18-15(3)23-29-24-18/h12,14H,4-11,13H2,1-3H3. The summed E-state index contributed by atoms with van der Waals surface area (Å²) in [6.45, 7) is 11.6. The molecule has 9 heteroatoms. The van der Waals surface area contributed by atoms with Gasteiger partial charge in [-0.05, 0) is 31.7 Å². The number of amides is 1. The van der Waals surface area contributed by atoms with E-state index in [9.17, 15) is 4.79 Å². The highest BCUT2D eigenvalue weighted by molar-refractivity contribution is 5.92.